The number of aliphatic imine (C=N–C) groups is 1. The van der Waals surface area contributed by atoms with Gasteiger partial charge in [-0.1, -0.05) is 23.8 Å². The summed E-state index contributed by atoms with van der Waals surface area (Å²) in [5, 5.41) is 4.48. The normalized spacial score (nSPS) is 17.6. The number of guanidine groups is 1. The third kappa shape index (κ3) is 5.89. The number of rotatable bonds is 4. The van der Waals surface area contributed by atoms with Gasteiger partial charge in [0.05, 0.1) is 19.7 Å². The van der Waals surface area contributed by atoms with Gasteiger partial charge in [0, 0.05) is 24.2 Å². The zero-order valence-corrected chi connectivity index (χ0v) is 19.6. The van der Waals surface area contributed by atoms with Crippen molar-refractivity contribution in [1.29, 1.82) is 0 Å². The van der Waals surface area contributed by atoms with Gasteiger partial charge in [-0.2, -0.15) is 0 Å². The Morgan fingerprint density at radius 3 is 2.85 bits per heavy atom. The molecular weight excluding hydrogens is 471 g/mol. The predicted octanol–water partition coefficient (Wildman–Crippen LogP) is 4.23. The van der Waals surface area contributed by atoms with Crippen LogP contribution in [0, 0.1) is 20.8 Å². The highest BCUT2D eigenvalue weighted by atomic mass is 127. The molecule has 2 aromatic rings. The lowest BCUT2D eigenvalue weighted by Gasteiger charge is -2.35. The number of ether oxygens (including phenoxy) is 1. The molecule has 1 fully saturated rings. The molecule has 0 saturated carbocycles. The molecule has 1 aliphatic heterocycles. The van der Waals surface area contributed by atoms with Gasteiger partial charge in [0.15, 0.2) is 5.96 Å². The molecule has 0 radical (unpaired) electrons. The molecule has 1 saturated heterocycles. The Hall–Kier alpha value is -1.19. The molecule has 1 aromatic carbocycles. The van der Waals surface area contributed by atoms with Crippen molar-refractivity contribution in [3.05, 3.63) is 51.0 Å². The molecule has 1 atom stereocenters. The molecule has 1 N–H and O–H groups in total. The molecule has 0 aliphatic carbocycles. The average Bonchev–Trinajstić information content (AvgIpc) is 3.04. The number of nitrogens with one attached hydrogen (secondary N) is 1. The summed E-state index contributed by atoms with van der Waals surface area (Å²) in [4.78, 5) is 12.8. The van der Waals surface area contributed by atoms with Crippen LogP contribution in [0.4, 0.5) is 0 Å². The van der Waals surface area contributed by atoms with Crippen LogP contribution in [0.5, 0.6) is 0 Å². The van der Waals surface area contributed by atoms with Gasteiger partial charge < -0.3 is 15.0 Å². The average molecular weight is 500 g/mol. The van der Waals surface area contributed by atoms with Gasteiger partial charge >= 0.3 is 0 Å². The molecule has 1 aromatic heterocycles. The highest BCUT2D eigenvalue weighted by Gasteiger charge is 2.25. The van der Waals surface area contributed by atoms with Crippen molar-refractivity contribution in [2.45, 2.75) is 40.3 Å². The van der Waals surface area contributed by atoms with Crippen LogP contribution in [-0.2, 0) is 11.3 Å². The number of aromatic nitrogens is 1. The van der Waals surface area contributed by atoms with E-state index in [0.29, 0.717) is 13.2 Å². The SMILES string of the molecule is CCNC(=NCc1ncc(C)s1)N1CCOC(c2ccc(C)cc2C)C1.I. The Bertz CT molecular complexity index is 777. The van der Waals surface area contributed by atoms with Gasteiger partial charge in [0.2, 0.25) is 0 Å². The minimum atomic E-state index is 0. The van der Waals surface area contributed by atoms with Gasteiger partial charge in [-0.15, -0.1) is 35.3 Å². The van der Waals surface area contributed by atoms with Crippen molar-refractivity contribution in [1.82, 2.24) is 15.2 Å². The molecule has 1 aliphatic rings. The maximum Gasteiger partial charge on any atom is 0.194 e. The fourth-order valence-electron chi connectivity index (χ4n) is 3.26. The molecule has 5 nitrogen and oxygen atoms in total. The Labute approximate surface area is 183 Å². The Kier molecular flexibility index (Phi) is 8.50. The van der Waals surface area contributed by atoms with Crippen molar-refractivity contribution < 1.29 is 4.74 Å². The monoisotopic (exact) mass is 500 g/mol. The number of halogens is 1. The molecule has 2 heterocycles. The first-order valence-electron chi connectivity index (χ1n) is 9.20. The van der Waals surface area contributed by atoms with Crippen LogP contribution in [-0.4, -0.2) is 42.1 Å². The van der Waals surface area contributed by atoms with E-state index in [-0.39, 0.29) is 30.1 Å². The molecule has 0 bridgehead atoms. The van der Waals surface area contributed by atoms with Gasteiger partial charge in [0.1, 0.15) is 11.1 Å². The number of hydrogen-bond donors (Lipinski definition) is 1. The van der Waals surface area contributed by atoms with Crippen LogP contribution in [0.25, 0.3) is 0 Å². The van der Waals surface area contributed by atoms with E-state index in [2.05, 4.69) is 61.1 Å². The summed E-state index contributed by atoms with van der Waals surface area (Å²) in [5.41, 5.74) is 3.84. The molecule has 1 unspecified atom stereocenters. The second kappa shape index (κ2) is 10.4. The fraction of sp³-hybridized carbons (Fsp3) is 0.500. The van der Waals surface area contributed by atoms with Crippen molar-refractivity contribution in [3.63, 3.8) is 0 Å². The van der Waals surface area contributed by atoms with E-state index in [1.54, 1.807) is 11.3 Å². The number of aryl methyl sites for hydroxylation is 3. The van der Waals surface area contributed by atoms with Crippen LogP contribution >= 0.6 is 35.3 Å². The van der Waals surface area contributed by atoms with Crippen molar-refractivity contribution >= 4 is 41.3 Å². The van der Waals surface area contributed by atoms with E-state index in [4.69, 9.17) is 9.73 Å². The fourth-order valence-corrected chi connectivity index (χ4v) is 3.97. The molecule has 27 heavy (non-hydrogen) atoms. The Morgan fingerprint density at radius 2 is 2.19 bits per heavy atom. The lowest BCUT2D eigenvalue weighted by atomic mass is 10.00. The summed E-state index contributed by atoms with van der Waals surface area (Å²) in [6.07, 6.45) is 1.99. The highest BCUT2D eigenvalue weighted by Crippen LogP contribution is 2.26. The third-order valence-electron chi connectivity index (χ3n) is 4.51. The number of nitrogens with zero attached hydrogens (tertiary/aromatic N) is 3. The van der Waals surface area contributed by atoms with Crippen LogP contribution < -0.4 is 5.32 Å². The minimum Gasteiger partial charge on any atom is -0.370 e. The summed E-state index contributed by atoms with van der Waals surface area (Å²) < 4.78 is 6.07. The first-order valence-corrected chi connectivity index (χ1v) is 10.0. The largest absolute Gasteiger partial charge is 0.370 e. The zero-order valence-electron chi connectivity index (χ0n) is 16.5. The highest BCUT2D eigenvalue weighted by molar-refractivity contribution is 14.0. The predicted molar refractivity (Wildman–Crippen MR) is 123 cm³/mol. The van der Waals surface area contributed by atoms with Crippen LogP contribution in [0.15, 0.2) is 29.4 Å². The number of benzene rings is 1. The van der Waals surface area contributed by atoms with E-state index >= 15 is 0 Å². The van der Waals surface area contributed by atoms with E-state index < -0.39 is 0 Å². The lowest BCUT2D eigenvalue weighted by molar-refractivity contribution is -0.00834. The number of thiazole rings is 1. The molecule has 0 amide bonds. The topological polar surface area (TPSA) is 49.8 Å². The quantitative estimate of drug-likeness (QED) is 0.388. The molecule has 148 valence electrons. The first-order chi connectivity index (χ1) is 12.6. The number of morpholine rings is 1. The summed E-state index contributed by atoms with van der Waals surface area (Å²) in [6, 6.07) is 6.58. The van der Waals surface area contributed by atoms with Crippen LogP contribution in [0.3, 0.4) is 0 Å². The van der Waals surface area contributed by atoms with Crippen molar-refractivity contribution in [2.75, 3.05) is 26.2 Å². The molecular formula is C20H29IN4OS. The van der Waals surface area contributed by atoms with E-state index in [1.807, 2.05) is 6.20 Å². The summed E-state index contributed by atoms with van der Waals surface area (Å²) in [5.74, 6) is 0.943. The maximum atomic E-state index is 6.07. The van der Waals surface area contributed by atoms with Gasteiger partial charge in [-0.25, -0.2) is 9.98 Å². The molecule has 7 heteroatoms. The third-order valence-corrected chi connectivity index (χ3v) is 5.40. The Balaban J connectivity index is 0.00000261. The van der Waals surface area contributed by atoms with Gasteiger partial charge in [-0.05, 0) is 38.8 Å². The summed E-state index contributed by atoms with van der Waals surface area (Å²) in [7, 11) is 0. The summed E-state index contributed by atoms with van der Waals surface area (Å²) in [6.45, 7) is 12.3. The van der Waals surface area contributed by atoms with E-state index in [0.717, 1.165) is 30.6 Å². The smallest absolute Gasteiger partial charge is 0.194 e. The second-order valence-electron chi connectivity index (χ2n) is 6.70. The molecule has 0 spiro atoms. The second-order valence-corrected chi connectivity index (χ2v) is 8.02. The van der Waals surface area contributed by atoms with E-state index in [9.17, 15) is 0 Å². The maximum absolute atomic E-state index is 6.07. The Morgan fingerprint density at radius 1 is 1.37 bits per heavy atom. The molecule has 3 rings (SSSR count). The number of hydrogen-bond acceptors (Lipinski definition) is 4. The van der Waals surface area contributed by atoms with Crippen LogP contribution in [0.2, 0.25) is 0 Å². The zero-order chi connectivity index (χ0) is 18.5. The lowest BCUT2D eigenvalue weighted by Crippen LogP contribution is -2.48. The minimum absolute atomic E-state index is 0. The van der Waals surface area contributed by atoms with Gasteiger partial charge in [0.25, 0.3) is 0 Å². The van der Waals surface area contributed by atoms with Crippen molar-refractivity contribution in [2.24, 2.45) is 4.99 Å². The van der Waals surface area contributed by atoms with Crippen molar-refractivity contribution in [3.8, 4) is 0 Å². The van der Waals surface area contributed by atoms with Gasteiger partial charge in [-0.3, -0.25) is 0 Å². The first kappa shape index (κ1) is 22.1. The summed E-state index contributed by atoms with van der Waals surface area (Å²) >= 11 is 1.71. The van der Waals surface area contributed by atoms with Crippen LogP contribution in [0.1, 0.15) is 39.6 Å². The van der Waals surface area contributed by atoms with E-state index in [1.165, 1.54) is 21.6 Å². The standard InChI is InChI=1S/C20H28N4OS.HI/c1-5-21-20(23-12-19-22-11-16(4)26-19)24-8-9-25-18(13-24)17-7-6-14(2)10-15(17)3;/h6-7,10-11,18H,5,8-9,12-13H2,1-4H3,(H,21,23);1H.